The van der Waals surface area contributed by atoms with Gasteiger partial charge in [-0.3, -0.25) is 15.0 Å². The monoisotopic (exact) mass is 482 g/mol. The number of nitrogens with one attached hydrogen (secondary N) is 1. The van der Waals surface area contributed by atoms with Crippen LogP contribution in [0.1, 0.15) is 12.5 Å². The van der Waals surface area contributed by atoms with Gasteiger partial charge in [-0.2, -0.15) is 0 Å². The third-order valence-corrected chi connectivity index (χ3v) is 6.83. The summed E-state index contributed by atoms with van der Waals surface area (Å²) in [6, 6.07) is 4.58. The van der Waals surface area contributed by atoms with E-state index in [1.54, 1.807) is 7.05 Å². The molecule has 0 saturated carbocycles. The lowest BCUT2D eigenvalue weighted by Crippen LogP contribution is -2.65. The Labute approximate surface area is 197 Å². The highest BCUT2D eigenvalue weighted by atomic mass is 35.5. The van der Waals surface area contributed by atoms with Gasteiger partial charge in [0.05, 0.1) is 6.61 Å². The Morgan fingerprint density at radius 2 is 1.84 bits per heavy atom. The number of aliphatic imine (C=N–C) groups is 1. The van der Waals surface area contributed by atoms with Crippen molar-refractivity contribution < 1.29 is 14.3 Å². The third kappa shape index (κ3) is 4.52. The Morgan fingerprint density at radius 3 is 2.50 bits per heavy atom. The summed E-state index contributed by atoms with van der Waals surface area (Å²) in [5, 5.41) is 3.77. The molecular weight excluding hydrogens is 455 g/mol. The molecule has 32 heavy (non-hydrogen) atoms. The number of hydrogen-bond acceptors (Lipinski definition) is 7. The van der Waals surface area contributed by atoms with Gasteiger partial charge >= 0.3 is 6.03 Å². The summed E-state index contributed by atoms with van der Waals surface area (Å²) in [6.07, 6.45) is -0.534. The van der Waals surface area contributed by atoms with Crippen LogP contribution in [0.4, 0.5) is 4.79 Å². The number of nitrogens with zero attached hydrogens (tertiary/aromatic N) is 5. The number of rotatable bonds is 6. The first kappa shape index (κ1) is 23.1. The Kier molecular flexibility index (Phi) is 7.09. The molecule has 3 aliphatic heterocycles. The first-order valence-corrected chi connectivity index (χ1v) is 11.6. The number of carbonyl (C=O) groups excluding carboxylic acids is 2. The van der Waals surface area contributed by atoms with E-state index < -0.39 is 18.2 Å². The molecule has 3 heterocycles. The van der Waals surface area contributed by atoms with E-state index in [2.05, 4.69) is 15.1 Å². The van der Waals surface area contributed by atoms with E-state index in [4.69, 9.17) is 32.9 Å². The van der Waals surface area contributed by atoms with Gasteiger partial charge < -0.3 is 19.4 Å². The molecule has 2 fully saturated rings. The van der Waals surface area contributed by atoms with Crippen molar-refractivity contribution in [2.75, 3.05) is 53.0 Å². The van der Waals surface area contributed by atoms with Crippen molar-refractivity contribution in [3.63, 3.8) is 0 Å². The molecule has 1 aromatic rings. The number of amides is 3. The van der Waals surface area contributed by atoms with Crippen LogP contribution >= 0.6 is 23.2 Å². The second kappa shape index (κ2) is 9.82. The zero-order chi connectivity index (χ0) is 22.8. The summed E-state index contributed by atoms with van der Waals surface area (Å²) in [5.41, 5.74) is 0.934. The molecule has 3 aliphatic rings. The minimum atomic E-state index is -0.548. The number of hydrogen-bond donors (Lipinski definition) is 1. The fourth-order valence-electron chi connectivity index (χ4n) is 4.33. The molecule has 0 aromatic heterocycles. The summed E-state index contributed by atoms with van der Waals surface area (Å²) >= 11 is 12.7. The summed E-state index contributed by atoms with van der Waals surface area (Å²) in [5.74, 6) is 0.423. The zero-order valence-corrected chi connectivity index (χ0v) is 19.8. The van der Waals surface area contributed by atoms with Crippen LogP contribution in [0.15, 0.2) is 23.2 Å². The van der Waals surface area contributed by atoms with Gasteiger partial charge in [0.15, 0.2) is 18.2 Å². The number of guanidine groups is 1. The molecule has 3 amide bonds. The molecule has 1 N–H and O–H groups in total. The maximum atomic E-state index is 12.7. The van der Waals surface area contributed by atoms with Crippen LogP contribution in [-0.4, -0.2) is 103 Å². The molecule has 0 radical (unpaired) electrons. The molecular formula is C21H28Cl2N6O3. The maximum absolute atomic E-state index is 12.7. The van der Waals surface area contributed by atoms with E-state index in [1.165, 1.54) is 4.90 Å². The highest BCUT2D eigenvalue weighted by molar-refractivity contribution is 6.35. The van der Waals surface area contributed by atoms with Crippen molar-refractivity contribution in [2.24, 2.45) is 4.99 Å². The van der Waals surface area contributed by atoms with E-state index >= 15 is 0 Å². The van der Waals surface area contributed by atoms with Crippen molar-refractivity contribution >= 4 is 41.1 Å². The van der Waals surface area contributed by atoms with E-state index in [1.807, 2.05) is 30.0 Å². The van der Waals surface area contributed by atoms with Crippen molar-refractivity contribution in [2.45, 2.75) is 25.7 Å². The summed E-state index contributed by atoms with van der Waals surface area (Å²) in [7, 11) is 1.66. The number of piperazine rings is 1. The smallest absolute Gasteiger partial charge is 0.325 e. The first-order valence-electron chi connectivity index (χ1n) is 10.8. The van der Waals surface area contributed by atoms with Crippen LogP contribution in [0.5, 0.6) is 0 Å². The molecule has 2 saturated heterocycles. The van der Waals surface area contributed by atoms with E-state index in [-0.39, 0.29) is 5.91 Å². The molecule has 0 bridgehead atoms. The quantitative estimate of drug-likeness (QED) is 0.621. The predicted octanol–water partition coefficient (Wildman–Crippen LogP) is 1.70. The van der Waals surface area contributed by atoms with Gasteiger partial charge in [-0.1, -0.05) is 29.3 Å². The minimum absolute atomic E-state index is 0.319. The van der Waals surface area contributed by atoms with Gasteiger partial charge in [0.25, 0.3) is 5.91 Å². The van der Waals surface area contributed by atoms with E-state index in [0.717, 1.165) is 37.7 Å². The maximum Gasteiger partial charge on any atom is 0.325 e. The molecule has 1 aromatic carbocycles. The number of likely N-dealkylation sites (N-methyl/N-ethyl adjacent to an activating group) is 1. The van der Waals surface area contributed by atoms with Crippen LogP contribution in [0, 0.1) is 0 Å². The highest BCUT2D eigenvalue weighted by Gasteiger charge is 2.49. The van der Waals surface area contributed by atoms with Crippen LogP contribution in [-0.2, 0) is 16.1 Å². The fraction of sp³-hybridized carbons (Fsp3) is 0.571. The van der Waals surface area contributed by atoms with Gasteiger partial charge in [-0.05, 0) is 19.1 Å². The van der Waals surface area contributed by atoms with Crippen molar-refractivity contribution in [1.29, 1.82) is 0 Å². The number of benzene rings is 1. The number of urea groups is 1. The molecule has 174 valence electrons. The Bertz CT molecular complexity index is 885. The summed E-state index contributed by atoms with van der Waals surface area (Å²) < 4.78 is 5.54. The predicted molar refractivity (Wildman–Crippen MR) is 123 cm³/mol. The van der Waals surface area contributed by atoms with Crippen LogP contribution < -0.4 is 5.32 Å². The topological polar surface area (TPSA) is 80.7 Å². The second-order valence-electron chi connectivity index (χ2n) is 8.05. The van der Waals surface area contributed by atoms with Crippen molar-refractivity contribution in [1.82, 2.24) is 24.9 Å². The number of imide groups is 1. The standard InChI is InChI=1S/C21H28Cl2N6O3/c1-3-32-12-11-29-17-18(26(2)21(31)25-19(17)30)24-20(29)28-9-7-27(8-10-28)13-14-15(22)5-4-6-16(14)23/h4-6,17-18H,3,7-13H2,1-2H3,(H,25,30,31). The van der Waals surface area contributed by atoms with Crippen LogP contribution in [0.3, 0.4) is 0 Å². The van der Waals surface area contributed by atoms with Gasteiger partial charge in [-0.15, -0.1) is 0 Å². The summed E-state index contributed by atoms with van der Waals surface area (Å²) in [6.45, 7) is 7.31. The Hall–Kier alpha value is -2.07. The Balaban J connectivity index is 1.46. The zero-order valence-electron chi connectivity index (χ0n) is 18.3. The van der Waals surface area contributed by atoms with Gasteiger partial charge in [0, 0.05) is 68.5 Å². The first-order chi connectivity index (χ1) is 15.4. The molecule has 9 nitrogen and oxygen atoms in total. The van der Waals surface area contributed by atoms with Crippen LogP contribution in [0.2, 0.25) is 10.0 Å². The lowest BCUT2D eigenvalue weighted by Gasteiger charge is -2.40. The van der Waals surface area contributed by atoms with Gasteiger partial charge in [0.1, 0.15) is 0 Å². The third-order valence-electron chi connectivity index (χ3n) is 6.12. The molecule has 11 heteroatoms. The molecule has 2 unspecified atom stereocenters. The number of halogens is 2. The molecule has 0 aliphatic carbocycles. The highest BCUT2D eigenvalue weighted by Crippen LogP contribution is 2.28. The SMILES string of the molecule is CCOCCN1C(N2CCN(Cc3c(Cl)cccc3Cl)CC2)=NC2C1C(=O)NC(=O)N2C. The van der Waals surface area contributed by atoms with Crippen molar-refractivity contribution in [3.05, 3.63) is 33.8 Å². The molecule has 4 rings (SSSR count). The van der Waals surface area contributed by atoms with E-state index in [0.29, 0.717) is 36.3 Å². The van der Waals surface area contributed by atoms with E-state index in [9.17, 15) is 9.59 Å². The average Bonchev–Trinajstić information content (AvgIpc) is 3.16. The minimum Gasteiger partial charge on any atom is -0.380 e. The number of ether oxygens (including phenoxy) is 1. The van der Waals surface area contributed by atoms with Gasteiger partial charge in [-0.25, -0.2) is 9.79 Å². The van der Waals surface area contributed by atoms with Crippen molar-refractivity contribution in [3.8, 4) is 0 Å². The fourth-order valence-corrected chi connectivity index (χ4v) is 4.85. The normalized spacial score (nSPS) is 24.0. The number of carbonyl (C=O) groups is 2. The van der Waals surface area contributed by atoms with Gasteiger partial charge in [0.2, 0.25) is 0 Å². The van der Waals surface area contributed by atoms with Crippen LogP contribution in [0.25, 0.3) is 0 Å². The number of fused-ring (bicyclic) bond motifs is 1. The lowest BCUT2D eigenvalue weighted by atomic mass is 10.1. The molecule has 2 atom stereocenters. The molecule has 0 spiro atoms. The second-order valence-corrected chi connectivity index (χ2v) is 8.86. The lowest BCUT2D eigenvalue weighted by molar-refractivity contribution is -0.127. The average molecular weight is 483 g/mol. The Morgan fingerprint density at radius 1 is 1.16 bits per heavy atom. The summed E-state index contributed by atoms with van der Waals surface area (Å²) in [4.78, 5) is 37.5. The largest absolute Gasteiger partial charge is 0.380 e.